The lowest BCUT2D eigenvalue weighted by atomic mass is 9.83. The third-order valence-electron chi connectivity index (χ3n) is 4.40. The maximum atomic E-state index is 6.10. The lowest BCUT2D eigenvalue weighted by Gasteiger charge is -2.30. The van der Waals surface area contributed by atoms with Crippen molar-refractivity contribution in [1.29, 1.82) is 0 Å². The van der Waals surface area contributed by atoms with Crippen molar-refractivity contribution in [2.45, 2.75) is 61.3 Å². The third-order valence-corrected chi connectivity index (χ3v) is 4.40. The summed E-state index contributed by atoms with van der Waals surface area (Å²) in [6.45, 7) is 19.3. The highest BCUT2D eigenvalue weighted by molar-refractivity contribution is 5.76. The lowest BCUT2D eigenvalue weighted by molar-refractivity contribution is 0.298. The molecule has 0 amide bonds. The summed E-state index contributed by atoms with van der Waals surface area (Å²) in [5.74, 6) is 1.05. The second kappa shape index (κ2) is 10.1. The third kappa shape index (κ3) is 4.75. The van der Waals surface area contributed by atoms with Crippen molar-refractivity contribution < 1.29 is 4.74 Å². The van der Waals surface area contributed by atoms with Crippen LogP contribution in [0.2, 0.25) is 0 Å². The average Bonchev–Trinajstić information content (AvgIpc) is 2.66. The minimum absolute atomic E-state index is 0.621. The van der Waals surface area contributed by atoms with Crippen LogP contribution in [0.1, 0.15) is 64.7 Å². The summed E-state index contributed by atoms with van der Waals surface area (Å²) in [6.07, 6.45) is 6.41. The van der Waals surface area contributed by atoms with Gasteiger partial charge in [0.2, 0.25) is 0 Å². The van der Waals surface area contributed by atoms with Crippen LogP contribution >= 0.6 is 0 Å². The van der Waals surface area contributed by atoms with E-state index in [0.29, 0.717) is 6.61 Å². The Balaban J connectivity index is 0.000000730. The summed E-state index contributed by atoms with van der Waals surface area (Å²) in [5.41, 5.74) is 8.88. The lowest BCUT2D eigenvalue weighted by Crippen LogP contribution is -2.17. The number of hydrogen-bond acceptors (Lipinski definition) is 1. The van der Waals surface area contributed by atoms with E-state index in [-0.39, 0.29) is 0 Å². The number of aryl methyl sites for hydroxylation is 2. The fourth-order valence-corrected chi connectivity index (χ4v) is 3.06. The average molecular weight is 339 g/mol. The first kappa shape index (κ1) is 21.0. The Labute approximate surface area is 154 Å². The van der Waals surface area contributed by atoms with Gasteiger partial charge in [-0.05, 0) is 50.3 Å². The molecule has 1 heteroatoms. The first-order chi connectivity index (χ1) is 12.1. The first-order valence-electron chi connectivity index (χ1n) is 9.59. The Morgan fingerprint density at radius 3 is 2.44 bits per heavy atom. The highest BCUT2D eigenvalue weighted by Gasteiger charge is 2.27. The molecular weight excluding hydrogens is 304 g/mol. The van der Waals surface area contributed by atoms with Crippen molar-refractivity contribution in [1.82, 2.24) is 0 Å². The van der Waals surface area contributed by atoms with Crippen molar-refractivity contribution in [3.63, 3.8) is 0 Å². The normalized spacial score (nSPS) is 17.5. The molecule has 0 saturated heterocycles. The SMILES string of the molecule is C=C1C2=C(OC/C1=C/C(C)=C\C)c1ccc(C)cc1CC2.CC.CC. The van der Waals surface area contributed by atoms with Gasteiger partial charge in [0, 0.05) is 11.1 Å². The van der Waals surface area contributed by atoms with Gasteiger partial charge in [-0.25, -0.2) is 0 Å². The highest BCUT2D eigenvalue weighted by atomic mass is 16.5. The predicted molar refractivity (Wildman–Crippen MR) is 112 cm³/mol. The summed E-state index contributed by atoms with van der Waals surface area (Å²) in [4.78, 5) is 0. The van der Waals surface area contributed by atoms with E-state index in [1.165, 1.54) is 33.4 Å². The monoisotopic (exact) mass is 338 g/mol. The van der Waals surface area contributed by atoms with Crippen molar-refractivity contribution in [3.8, 4) is 0 Å². The molecule has 1 aromatic carbocycles. The summed E-state index contributed by atoms with van der Waals surface area (Å²) in [6, 6.07) is 6.63. The Hall–Kier alpha value is -2.02. The fourth-order valence-electron chi connectivity index (χ4n) is 3.06. The number of fused-ring (bicyclic) bond motifs is 2. The van der Waals surface area contributed by atoms with Crippen molar-refractivity contribution >= 4 is 5.76 Å². The molecule has 1 aliphatic heterocycles. The van der Waals surface area contributed by atoms with Crippen LogP contribution < -0.4 is 0 Å². The highest BCUT2D eigenvalue weighted by Crippen LogP contribution is 2.41. The van der Waals surface area contributed by atoms with Crippen LogP contribution in [0.5, 0.6) is 0 Å². The van der Waals surface area contributed by atoms with Gasteiger partial charge in [0.15, 0.2) is 0 Å². The van der Waals surface area contributed by atoms with Crippen LogP contribution in [0.25, 0.3) is 5.76 Å². The molecule has 136 valence electrons. The molecule has 2 aliphatic rings. The quantitative estimate of drug-likeness (QED) is 0.527. The smallest absolute Gasteiger partial charge is 0.131 e. The molecule has 0 bridgehead atoms. The standard InChI is InChI=1S/C20H22O.2C2H6/c1-5-13(2)10-17-12-21-20-18(15(17)4)9-7-16-11-14(3)6-8-19(16)20;2*1-2/h5-6,8,10-11H,4,7,9,12H2,1-3H3;2*1-2H3/b13-5-,17-10-;;. The second-order valence-corrected chi connectivity index (χ2v) is 5.94. The molecule has 0 fully saturated rings. The molecule has 1 aliphatic carbocycles. The summed E-state index contributed by atoms with van der Waals surface area (Å²) < 4.78 is 6.10. The molecular formula is C24H34O. The van der Waals surface area contributed by atoms with E-state index in [2.05, 4.69) is 57.7 Å². The zero-order valence-corrected chi connectivity index (χ0v) is 17.1. The maximum Gasteiger partial charge on any atom is 0.131 e. The molecule has 0 spiro atoms. The van der Waals surface area contributed by atoms with E-state index in [1.807, 2.05) is 27.7 Å². The Kier molecular flexibility index (Phi) is 8.48. The maximum absolute atomic E-state index is 6.10. The van der Waals surface area contributed by atoms with E-state index < -0.39 is 0 Å². The van der Waals surface area contributed by atoms with E-state index in [9.17, 15) is 0 Å². The van der Waals surface area contributed by atoms with Crippen LogP contribution in [0.3, 0.4) is 0 Å². The van der Waals surface area contributed by atoms with Crippen molar-refractivity contribution in [3.05, 3.63) is 75.9 Å². The van der Waals surface area contributed by atoms with Gasteiger partial charge in [0.05, 0.1) is 0 Å². The zero-order chi connectivity index (χ0) is 19.0. The molecule has 0 atom stereocenters. The van der Waals surface area contributed by atoms with Crippen LogP contribution in [-0.2, 0) is 11.2 Å². The molecule has 3 rings (SSSR count). The summed E-state index contributed by atoms with van der Waals surface area (Å²) in [5, 5.41) is 0. The minimum Gasteiger partial charge on any atom is -0.488 e. The number of benzene rings is 1. The molecule has 0 radical (unpaired) electrons. The van der Waals surface area contributed by atoms with Gasteiger partial charge in [-0.3, -0.25) is 0 Å². The second-order valence-electron chi connectivity index (χ2n) is 5.94. The van der Waals surface area contributed by atoms with E-state index in [0.717, 1.165) is 24.2 Å². The minimum atomic E-state index is 0.621. The number of hydrogen-bond donors (Lipinski definition) is 0. The Morgan fingerprint density at radius 1 is 1.12 bits per heavy atom. The van der Waals surface area contributed by atoms with Gasteiger partial charge in [-0.2, -0.15) is 0 Å². The van der Waals surface area contributed by atoms with Gasteiger partial charge in [-0.15, -0.1) is 0 Å². The van der Waals surface area contributed by atoms with Crippen LogP contribution in [-0.4, -0.2) is 6.61 Å². The number of rotatable bonds is 1. The topological polar surface area (TPSA) is 9.23 Å². The molecule has 0 aromatic heterocycles. The van der Waals surface area contributed by atoms with Crippen LogP contribution in [0.4, 0.5) is 0 Å². The number of ether oxygens (including phenoxy) is 1. The van der Waals surface area contributed by atoms with Crippen LogP contribution in [0.15, 0.2) is 59.2 Å². The molecule has 0 saturated carbocycles. The van der Waals surface area contributed by atoms with Gasteiger partial charge in [0.1, 0.15) is 12.4 Å². The van der Waals surface area contributed by atoms with Gasteiger partial charge in [-0.1, -0.05) is 75.8 Å². The summed E-state index contributed by atoms with van der Waals surface area (Å²) >= 11 is 0. The Morgan fingerprint density at radius 2 is 1.80 bits per heavy atom. The van der Waals surface area contributed by atoms with E-state index in [4.69, 9.17) is 4.74 Å². The van der Waals surface area contributed by atoms with Crippen molar-refractivity contribution in [2.24, 2.45) is 0 Å². The number of allylic oxidation sites excluding steroid dienone is 4. The van der Waals surface area contributed by atoms with Gasteiger partial charge >= 0.3 is 0 Å². The molecule has 25 heavy (non-hydrogen) atoms. The van der Waals surface area contributed by atoms with E-state index in [1.54, 1.807) is 0 Å². The fraction of sp³-hybridized carbons (Fsp3) is 0.417. The molecule has 1 nitrogen and oxygen atoms in total. The Bertz CT molecular complexity index is 699. The largest absolute Gasteiger partial charge is 0.488 e. The van der Waals surface area contributed by atoms with Crippen LogP contribution in [0, 0.1) is 6.92 Å². The van der Waals surface area contributed by atoms with E-state index >= 15 is 0 Å². The molecule has 1 aromatic rings. The summed E-state index contributed by atoms with van der Waals surface area (Å²) in [7, 11) is 0. The van der Waals surface area contributed by atoms with Gasteiger partial charge in [0.25, 0.3) is 0 Å². The zero-order valence-electron chi connectivity index (χ0n) is 17.1. The van der Waals surface area contributed by atoms with Gasteiger partial charge < -0.3 is 4.74 Å². The molecule has 1 heterocycles. The molecule has 0 N–H and O–H groups in total. The predicted octanol–water partition coefficient (Wildman–Crippen LogP) is 7.18. The molecule has 0 unspecified atom stereocenters. The van der Waals surface area contributed by atoms with Crippen molar-refractivity contribution in [2.75, 3.05) is 6.61 Å². The first-order valence-corrected chi connectivity index (χ1v) is 9.59.